The van der Waals surface area contributed by atoms with Crippen LogP contribution in [0, 0.1) is 5.41 Å². The van der Waals surface area contributed by atoms with Crippen LogP contribution >= 0.6 is 27.5 Å². The molecule has 108 valence electrons. The van der Waals surface area contributed by atoms with Crippen molar-refractivity contribution >= 4 is 27.5 Å². The zero-order chi connectivity index (χ0) is 14.5. The van der Waals surface area contributed by atoms with Crippen molar-refractivity contribution in [2.75, 3.05) is 6.54 Å². The summed E-state index contributed by atoms with van der Waals surface area (Å²) in [6, 6.07) is 6.62. The normalized spacial score (nSPS) is 13.6. The Morgan fingerprint density at radius 3 is 2.53 bits per heavy atom. The van der Waals surface area contributed by atoms with E-state index in [0.717, 1.165) is 35.3 Å². The second-order valence-corrected chi connectivity index (χ2v) is 7.11. The van der Waals surface area contributed by atoms with Gasteiger partial charge in [0.25, 0.3) is 0 Å². The molecule has 3 heteroatoms. The maximum atomic E-state index is 6.34. The Morgan fingerprint density at radius 1 is 1.32 bits per heavy atom. The van der Waals surface area contributed by atoms with Gasteiger partial charge in [0.2, 0.25) is 0 Å². The molecule has 0 heterocycles. The van der Waals surface area contributed by atoms with Crippen molar-refractivity contribution in [2.24, 2.45) is 5.41 Å². The van der Waals surface area contributed by atoms with Crippen molar-refractivity contribution in [3.63, 3.8) is 0 Å². The monoisotopic (exact) mass is 345 g/mol. The molecule has 0 saturated heterocycles. The fourth-order valence-corrected chi connectivity index (χ4v) is 2.85. The highest BCUT2D eigenvalue weighted by molar-refractivity contribution is 9.10. The van der Waals surface area contributed by atoms with E-state index >= 15 is 0 Å². The molecule has 1 N–H and O–H groups in total. The number of hydrogen-bond donors (Lipinski definition) is 1. The average Bonchev–Trinajstić information content (AvgIpc) is 2.36. The van der Waals surface area contributed by atoms with E-state index in [1.54, 1.807) is 0 Å². The quantitative estimate of drug-likeness (QED) is 0.692. The van der Waals surface area contributed by atoms with E-state index in [4.69, 9.17) is 11.6 Å². The summed E-state index contributed by atoms with van der Waals surface area (Å²) in [4.78, 5) is 0. The SMILES string of the molecule is CCCNC(Cc1ccc(Br)cc1Cl)C(C)(C)CC. The second-order valence-electron chi connectivity index (χ2n) is 5.79. The lowest BCUT2D eigenvalue weighted by molar-refractivity contribution is 0.230. The molecule has 0 aromatic heterocycles. The first-order valence-electron chi connectivity index (χ1n) is 7.08. The van der Waals surface area contributed by atoms with Gasteiger partial charge in [-0.05, 0) is 48.9 Å². The summed E-state index contributed by atoms with van der Waals surface area (Å²) < 4.78 is 1.04. The van der Waals surface area contributed by atoms with Crippen molar-refractivity contribution < 1.29 is 0 Å². The van der Waals surface area contributed by atoms with Gasteiger partial charge in [-0.25, -0.2) is 0 Å². The summed E-state index contributed by atoms with van der Waals surface area (Å²) in [7, 11) is 0. The van der Waals surface area contributed by atoms with Gasteiger partial charge in [0, 0.05) is 15.5 Å². The Hall–Kier alpha value is -0.0500. The Bertz CT molecular complexity index is 404. The minimum absolute atomic E-state index is 0.269. The van der Waals surface area contributed by atoms with Gasteiger partial charge in [-0.2, -0.15) is 0 Å². The molecule has 1 atom stereocenters. The fourth-order valence-electron chi connectivity index (χ4n) is 2.10. The van der Waals surface area contributed by atoms with E-state index in [1.807, 2.05) is 6.07 Å². The number of hydrogen-bond acceptors (Lipinski definition) is 1. The van der Waals surface area contributed by atoms with E-state index in [-0.39, 0.29) is 5.41 Å². The molecule has 0 aliphatic rings. The first-order chi connectivity index (χ1) is 8.90. The van der Waals surface area contributed by atoms with Gasteiger partial charge in [0.05, 0.1) is 0 Å². The van der Waals surface area contributed by atoms with Crippen molar-refractivity contribution in [2.45, 2.75) is 53.0 Å². The standard InChI is InChI=1S/C16H25BrClN/c1-5-9-19-15(16(3,4)6-2)10-12-7-8-13(17)11-14(12)18/h7-8,11,15,19H,5-6,9-10H2,1-4H3. The number of halogens is 2. The summed E-state index contributed by atoms with van der Waals surface area (Å²) in [6.07, 6.45) is 3.29. The first-order valence-corrected chi connectivity index (χ1v) is 8.25. The van der Waals surface area contributed by atoms with E-state index in [2.05, 4.69) is 61.1 Å². The van der Waals surface area contributed by atoms with Crippen LogP contribution in [-0.2, 0) is 6.42 Å². The van der Waals surface area contributed by atoms with Crippen LogP contribution in [0.1, 0.15) is 46.1 Å². The zero-order valence-corrected chi connectivity index (χ0v) is 14.7. The third-order valence-electron chi connectivity index (χ3n) is 3.93. The van der Waals surface area contributed by atoms with Crippen molar-refractivity contribution in [3.8, 4) is 0 Å². The minimum atomic E-state index is 0.269. The Balaban J connectivity index is 2.87. The summed E-state index contributed by atoms with van der Waals surface area (Å²) >= 11 is 9.80. The molecule has 1 aromatic rings. The van der Waals surface area contributed by atoms with Crippen LogP contribution in [0.4, 0.5) is 0 Å². The van der Waals surface area contributed by atoms with Crippen LogP contribution in [0.15, 0.2) is 22.7 Å². The Labute approximate surface area is 131 Å². The highest BCUT2D eigenvalue weighted by Gasteiger charge is 2.27. The van der Waals surface area contributed by atoms with Crippen molar-refractivity contribution in [1.82, 2.24) is 5.32 Å². The lowest BCUT2D eigenvalue weighted by Crippen LogP contribution is -2.43. The lowest BCUT2D eigenvalue weighted by Gasteiger charge is -2.35. The van der Waals surface area contributed by atoms with Gasteiger partial charge >= 0.3 is 0 Å². The van der Waals surface area contributed by atoms with Gasteiger partial charge in [-0.1, -0.05) is 61.3 Å². The van der Waals surface area contributed by atoms with Gasteiger partial charge < -0.3 is 5.32 Å². The summed E-state index contributed by atoms with van der Waals surface area (Å²) in [6.45, 7) is 10.2. The summed E-state index contributed by atoms with van der Waals surface area (Å²) in [5, 5.41) is 4.53. The number of rotatable bonds is 7. The Morgan fingerprint density at radius 2 is 2.00 bits per heavy atom. The van der Waals surface area contributed by atoms with E-state index in [0.29, 0.717) is 6.04 Å². The average molecular weight is 347 g/mol. The second kappa shape index (κ2) is 7.66. The van der Waals surface area contributed by atoms with E-state index in [1.165, 1.54) is 5.56 Å². The van der Waals surface area contributed by atoms with Gasteiger partial charge in [-0.3, -0.25) is 0 Å². The number of benzene rings is 1. The molecule has 0 amide bonds. The predicted molar refractivity (Wildman–Crippen MR) is 89.0 cm³/mol. The summed E-state index contributed by atoms with van der Waals surface area (Å²) in [5.41, 5.74) is 1.49. The maximum absolute atomic E-state index is 6.34. The minimum Gasteiger partial charge on any atom is -0.313 e. The fraction of sp³-hybridized carbons (Fsp3) is 0.625. The molecular weight excluding hydrogens is 322 g/mol. The number of nitrogens with one attached hydrogen (secondary N) is 1. The zero-order valence-electron chi connectivity index (χ0n) is 12.4. The van der Waals surface area contributed by atoms with Crippen LogP contribution < -0.4 is 5.32 Å². The van der Waals surface area contributed by atoms with Crippen LogP contribution in [-0.4, -0.2) is 12.6 Å². The molecule has 0 aliphatic heterocycles. The molecule has 0 spiro atoms. The van der Waals surface area contributed by atoms with Gasteiger partial charge in [0.15, 0.2) is 0 Å². The van der Waals surface area contributed by atoms with Crippen LogP contribution in [0.5, 0.6) is 0 Å². The first kappa shape index (κ1) is 17.0. The van der Waals surface area contributed by atoms with Crippen molar-refractivity contribution in [3.05, 3.63) is 33.3 Å². The molecule has 0 saturated carbocycles. The van der Waals surface area contributed by atoms with Gasteiger partial charge in [0.1, 0.15) is 0 Å². The molecule has 1 nitrogen and oxygen atoms in total. The van der Waals surface area contributed by atoms with Crippen LogP contribution in [0.2, 0.25) is 5.02 Å². The molecule has 1 unspecified atom stereocenters. The molecule has 1 aromatic carbocycles. The van der Waals surface area contributed by atoms with Crippen molar-refractivity contribution in [1.29, 1.82) is 0 Å². The van der Waals surface area contributed by atoms with E-state index < -0.39 is 0 Å². The predicted octanol–water partition coefficient (Wildman–Crippen LogP) is 5.45. The van der Waals surface area contributed by atoms with Crippen LogP contribution in [0.25, 0.3) is 0 Å². The largest absolute Gasteiger partial charge is 0.313 e. The molecule has 0 bridgehead atoms. The van der Waals surface area contributed by atoms with Gasteiger partial charge in [-0.15, -0.1) is 0 Å². The molecular formula is C16H25BrClN. The molecule has 0 radical (unpaired) electrons. The molecule has 19 heavy (non-hydrogen) atoms. The smallest absolute Gasteiger partial charge is 0.0449 e. The highest BCUT2D eigenvalue weighted by atomic mass is 79.9. The summed E-state index contributed by atoms with van der Waals surface area (Å²) in [5.74, 6) is 0. The third kappa shape index (κ3) is 5.09. The topological polar surface area (TPSA) is 12.0 Å². The lowest BCUT2D eigenvalue weighted by atomic mass is 9.79. The van der Waals surface area contributed by atoms with E-state index in [9.17, 15) is 0 Å². The highest BCUT2D eigenvalue weighted by Crippen LogP contribution is 2.30. The molecule has 1 rings (SSSR count). The molecule has 0 aliphatic carbocycles. The van der Waals surface area contributed by atoms with Crippen LogP contribution in [0.3, 0.4) is 0 Å². The maximum Gasteiger partial charge on any atom is 0.0449 e. The molecule has 0 fully saturated rings. The third-order valence-corrected chi connectivity index (χ3v) is 4.78. The Kier molecular flexibility index (Phi) is 6.85.